The number of hydrogen-bond acceptors (Lipinski definition) is 13. The molecule has 0 bridgehead atoms. The number of H-pyrrole nitrogens is 3. The molecule has 12 aromatic rings. The van der Waals surface area contributed by atoms with Crippen LogP contribution in [-0.4, -0.2) is 112 Å². The third-order valence-electron chi connectivity index (χ3n) is 17.1. The van der Waals surface area contributed by atoms with Gasteiger partial charge < -0.3 is 33.9 Å². The Morgan fingerprint density at radius 3 is 1.09 bits per heavy atom. The zero-order valence-electron chi connectivity index (χ0n) is 53.2. The summed E-state index contributed by atoms with van der Waals surface area (Å²) in [5, 5.41) is 34.9. The molecule has 0 saturated carbocycles. The van der Waals surface area contributed by atoms with Crippen molar-refractivity contribution in [2.75, 3.05) is 19.6 Å². The van der Waals surface area contributed by atoms with Gasteiger partial charge in [-0.15, -0.1) is 0 Å². The van der Waals surface area contributed by atoms with Gasteiger partial charge in [0.2, 0.25) is 17.5 Å². The number of carbonyl (C=O) groups excluding carboxylic acids is 2. The molecular weight excluding hydrogens is 1380 g/mol. The number of carbonyl (C=O) groups is 3. The number of halogens is 12. The molecule has 530 valence electrons. The standard InChI is InChI=1S/2C23H17F4N5O2.C16H11FN2O3.C7H8F3N3/c2*24-18-6-5-13(10-19-15-3-1-2-4-16(15)20(33)30-29-19)9-17(18)21(34)31-7-8-32-14(12-31)11-28-22(32)23(25,26)27;17-13-6-5-9(7-12(13)16(21)22)8-14-10-3-1-2-4-11(10)15(20)19-18-14;8-7(9,10)6-12-4-5-3-11-1-2-13(5)6/h2*1-6,9,11H,7-8,10,12H2,(H,30,33);1-7H,8H2,(H,19,20)(H,21,22);4,11H,1-3H2. The van der Waals surface area contributed by atoms with Crippen LogP contribution in [0.5, 0.6) is 0 Å². The predicted octanol–water partition coefficient (Wildman–Crippen LogP) is 10.4. The van der Waals surface area contributed by atoms with E-state index in [1.807, 2.05) is 0 Å². The second-order valence-corrected chi connectivity index (χ2v) is 23.7. The zero-order chi connectivity index (χ0) is 73.2. The third-order valence-corrected chi connectivity index (χ3v) is 17.1. The fourth-order valence-electron chi connectivity index (χ4n) is 12.2. The predicted molar refractivity (Wildman–Crippen MR) is 345 cm³/mol. The van der Waals surface area contributed by atoms with Crippen LogP contribution in [0.2, 0.25) is 0 Å². The summed E-state index contributed by atoms with van der Waals surface area (Å²) in [5.74, 6) is -7.63. The van der Waals surface area contributed by atoms with E-state index in [2.05, 4.69) is 50.9 Å². The van der Waals surface area contributed by atoms with E-state index in [0.717, 1.165) is 27.6 Å². The van der Waals surface area contributed by atoms with Crippen molar-refractivity contribution in [1.82, 2.24) is 74.4 Å². The first kappa shape index (κ1) is 70.8. The summed E-state index contributed by atoms with van der Waals surface area (Å²) in [5.41, 5.74) is 2.86. The van der Waals surface area contributed by atoms with Gasteiger partial charge in [0.25, 0.3) is 28.5 Å². The maximum Gasteiger partial charge on any atom is 0.449 e. The Kier molecular flexibility index (Phi) is 19.8. The van der Waals surface area contributed by atoms with Gasteiger partial charge >= 0.3 is 24.5 Å². The highest BCUT2D eigenvalue weighted by Crippen LogP contribution is 2.34. The van der Waals surface area contributed by atoms with Crippen molar-refractivity contribution in [3.8, 4) is 0 Å². The second-order valence-electron chi connectivity index (χ2n) is 23.7. The molecule has 0 saturated heterocycles. The Labute approximate surface area is 570 Å². The maximum absolute atomic E-state index is 14.6. The third kappa shape index (κ3) is 15.3. The normalized spacial score (nSPS) is 13.6. The average molecular weight is 1430 g/mol. The smallest absolute Gasteiger partial charge is 0.449 e. The van der Waals surface area contributed by atoms with Crippen LogP contribution in [0.15, 0.2) is 160 Å². The van der Waals surface area contributed by atoms with Crippen LogP contribution in [0.3, 0.4) is 0 Å². The first-order valence-electron chi connectivity index (χ1n) is 31.2. The zero-order valence-corrected chi connectivity index (χ0v) is 53.2. The molecule has 3 aliphatic rings. The van der Waals surface area contributed by atoms with Crippen molar-refractivity contribution >= 4 is 50.1 Å². The van der Waals surface area contributed by atoms with Gasteiger partial charge in [-0.2, -0.15) is 54.8 Å². The fourth-order valence-corrected chi connectivity index (χ4v) is 12.2. The molecular formula is C69H53F12N15O7. The van der Waals surface area contributed by atoms with E-state index in [9.17, 15) is 81.5 Å². The van der Waals surface area contributed by atoms with Crippen molar-refractivity contribution in [2.24, 2.45) is 0 Å². The molecule has 6 aromatic carbocycles. The molecule has 0 atom stereocenters. The number of carboxylic acids is 1. The monoisotopic (exact) mass is 1430 g/mol. The van der Waals surface area contributed by atoms with E-state index in [1.165, 1.54) is 69.1 Å². The Hall–Kier alpha value is -12.1. The second kappa shape index (κ2) is 28.9. The number of aromatic nitrogens is 12. The van der Waals surface area contributed by atoms with Crippen molar-refractivity contribution in [3.05, 3.63) is 280 Å². The van der Waals surface area contributed by atoms with E-state index in [4.69, 9.17) is 5.11 Å². The Morgan fingerprint density at radius 2 is 0.738 bits per heavy atom. The summed E-state index contributed by atoms with van der Waals surface area (Å²) in [4.78, 5) is 85.7. The molecule has 22 nitrogen and oxygen atoms in total. The number of rotatable bonds is 9. The van der Waals surface area contributed by atoms with Gasteiger partial charge in [-0.1, -0.05) is 72.8 Å². The highest BCUT2D eigenvalue weighted by molar-refractivity contribution is 5.96. The molecule has 6 aromatic heterocycles. The molecule has 0 unspecified atom stereocenters. The van der Waals surface area contributed by atoms with Gasteiger partial charge in [0.05, 0.1) is 98.7 Å². The number of amides is 2. The van der Waals surface area contributed by atoms with Crippen molar-refractivity contribution in [2.45, 2.75) is 77.1 Å². The van der Waals surface area contributed by atoms with Gasteiger partial charge in [0.15, 0.2) is 0 Å². The number of benzene rings is 6. The number of alkyl halides is 9. The summed E-state index contributed by atoms with van der Waals surface area (Å²) < 4.78 is 161. The average Bonchev–Trinajstić information content (AvgIpc) is 1.78. The van der Waals surface area contributed by atoms with Crippen LogP contribution in [0.1, 0.15) is 99.4 Å². The Morgan fingerprint density at radius 1 is 0.417 bits per heavy atom. The first-order valence-corrected chi connectivity index (χ1v) is 31.2. The molecule has 34 heteroatoms. The number of imidazole rings is 3. The summed E-state index contributed by atoms with van der Waals surface area (Å²) in [6.45, 7) is 0.923. The number of aromatic carboxylic acids is 1. The highest BCUT2D eigenvalue weighted by atomic mass is 19.4. The van der Waals surface area contributed by atoms with Crippen molar-refractivity contribution < 1.29 is 72.2 Å². The van der Waals surface area contributed by atoms with E-state index in [0.29, 0.717) is 91.4 Å². The van der Waals surface area contributed by atoms with Gasteiger partial charge in [0.1, 0.15) is 17.5 Å². The lowest BCUT2D eigenvalue weighted by Gasteiger charge is -2.29. The molecule has 0 fully saturated rings. The van der Waals surface area contributed by atoms with Crippen LogP contribution in [0, 0.1) is 17.5 Å². The minimum atomic E-state index is -4.59. The minimum absolute atomic E-state index is 0.0128. The molecule has 2 amide bonds. The molecule has 0 aliphatic carbocycles. The highest BCUT2D eigenvalue weighted by Gasteiger charge is 2.41. The first-order chi connectivity index (χ1) is 49.1. The number of nitrogens with zero attached hydrogens (tertiary/aromatic N) is 11. The van der Waals surface area contributed by atoms with Crippen molar-refractivity contribution in [1.29, 1.82) is 0 Å². The number of fused-ring (bicyclic) bond motifs is 6. The molecule has 15 rings (SSSR count). The van der Waals surface area contributed by atoms with Gasteiger partial charge in [0, 0.05) is 81.2 Å². The molecule has 3 aliphatic heterocycles. The lowest BCUT2D eigenvalue weighted by Crippen LogP contribution is -2.39. The SMILES string of the molecule is FC(F)(F)c1ncc2n1CCNC2.O=C(O)c1cc(Cc2n[nH]c(=O)c3ccccc23)ccc1F.O=C(c1cc(Cc2n[nH]c(=O)c3ccccc23)ccc1F)N1CCn2c(cnc2C(F)(F)F)C1.O=C(c1cc(Cc2n[nH]c(=O)c3ccccc23)ccc1F)N1CCn2c(cnc2C(F)(F)F)C1. The molecule has 0 spiro atoms. The summed E-state index contributed by atoms with van der Waals surface area (Å²) in [6, 6.07) is 33.0. The lowest BCUT2D eigenvalue weighted by molar-refractivity contribution is -0.148. The number of nitrogens with one attached hydrogen (secondary N) is 4. The number of carboxylic acid groups (broad SMARTS) is 1. The van der Waals surface area contributed by atoms with Crippen LogP contribution in [0.4, 0.5) is 52.7 Å². The summed E-state index contributed by atoms with van der Waals surface area (Å²) in [7, 11) is 0. The Bertz CT molecular complexity index is 5230. The molecule has 0 radical (unpaired) electrons. The minimum Gasteiger partial charge on any atom is -0.478 e. The summed E-state index contributed by atoms with van der Waals surface area (Å²) in [6.07, 6.45) is -9.32. The van der Waals surface area contributed by atoms with Crippen LogP contribution in [-0.2, 0) is 77.1 Å². The van der Waals surface area contributed by atoms with Gasteiger partial charge in [-0.3, -0.25) is 24.0 Å². The molecule has 103 heavy (non-hydrogen) atoms. The number of hydrogen-bond donors (Lipinski definition) is 5. The van der Waals surface area contributed by atoms with Crippen LogP contribution in [0.25, 0.3) is 32.3 Å². The van der Waals surface area contributed by atoms with E-state index in [1.54, 1.807) is 72.8 Å². The van der Waals surface area contributed by atoms with Crippen LogP contribution >= 0.6 is 0 Å². The largest absolute Gasteiger partial charge is 0.478 e. The topological polar surface area (TPSA) is 281 Å². The lowest BCUT2D eigenvalue weighted by atomic mass is 10.0. The maximum atomic E-state index is 14.6. The fraction of sp³-hybridized carbons (Fsp3) is 0.217. The van der Waals surface area contributed by atoms with E-state index in [-0.39, 0.29) is 103 Å². The molecule has 9 heterocycles. The van der Waals surface area contributed by atoms with Crippen LogP contribution < -0.4 is 22.0 Å². The number of aromatic amines is 3. The molecule has 5 N–H and O–H groups in total. The van der Waals surface area contributed by atoms with E-state index < -0.39 is 71.2 Å². The Balaban J connectivity index is 0.000000136. The van der Waals surface area contributed by atoms with Crippen molar-refractivity contribution in [3.63, 3.8) is 0 Å². The van der Waals surface area contributed by atoms with Gasteiger partial charge in [-0.05, 0) is 71.3 Å². The van der Waals surface area contributed by atoms with Gasteiger partial charge in [-0.25, -0.2) is 48.2 Å². The summed E-state index contributed by atoms with van der Waals surface area (Å²) >= 11 is 0. The van der Waals surface area contributed by atoms with E-state index >= 15 is 0 Å². The quantitative estimate of drug-likeness (QED) is 0.0841.